The predicted molar refractivity (Wildman–Crippen MR) is 133 cm³/mol. The fourth-order valence-corrected chi connectivity index (χ4v) is 4.61. The molecule has 12 heteroatoms. The van der Waals surface area contributed by atoms with Gasteiger partial charge in [-0.05, 0) is 37.1 Å². The first kappa shape index (κ1) is 26.5. The zero-order valence-corrected chi connectivity index (χ0v) is 21.4. The van der Waals surface area contributed by atoms with Gasteiger partial charge in [0.25, 0.3) is 15.9 Å². The van der Waals surface area contributed by atoms with Gasteiger partial charge >= 0.3 is 6.09 Å². The molecule has 1 aromatic carbocycles. The standard InChI is InChI=1S/C24H27N5O6S/c1-15(2)14-35-24(31)29(22-23(34-5)27-16(3)13-26-22)36(32,33)20-7-6-12-25-21(20)18-8-10-19(11-9-18)28-17(4)30/h6-13,15H,14H2,1-5H3,(H,28,30). The maximum atomic E-state index is 14.0. The third kappa shape index (κ3) is 5.95. The Morgan fingerprint density at radius 1 is 1.11 bits per heavy atom. The summed E-state index contributed by atoms with van der Waals surface area (Å²) in [7, 11) is -3.32. The zero-order chi connectivity index (χ0) is 26.5. The predicted octanol–water partition coefficient (Wildman–Crippen LogP) is 3.80. The summed E-state index contributed by atoms with van der Waals surface area (Å²) in [5.41, 5.74) is 1.53. The van der Waals surface area contributed by atoms with E-state index in [-0.39, 0.29) is 40.7 Å². The van der Waals surface area contributed by atoms with Crippen molar-refractivity contribution in [2.45, 2.75) is 32.6 Å². The molecule has 11 nitrogen and oxygen atoms in total. The molecule has 0 radical (unpaired) electrons. The molecule has 0 atom stereocenters. The molecule has 2 heterocycles. The lowest BCUT2D eigenvalue weighted by atomic mass is 10.1. The van der Waals surface area contributed by atoms with Gasteiger partial charge < -0.3 is 14.8 Å². The molecule has 2 amide bonds. The van der Waals surface area contributed by atoms with Gasteiger partial charge in [0, 0.05) is 24.4 Å². The number of sulfonamides is 1. The summed E-state index contributed by atoms with van der Waals surface area (Å²) in [6, 6.07) is 9.23. The molecule has 3 aromatic rings. The quantitative estimate of drug-likeness (QED) is 0.476. The van der Waals surface area contributed by atoms with E-state index >= 15 is 0 Å². The van der Waals surface area contributed by atoms with E-state index in [1.165, 1.54) is 38.6 Å². The number of hydrogen-bond donors (Lipinski definition) is 1. The van der Waals surface area contributed by atoms with Gasteiger partial charge in [-0.25, -0.2) is 23.2 Å². The average Bonchev–Trinajstić information content (AvgIpc) is 2.83. The van der Waals surface area contributed by atoms with Crippen LogP contribution < -0.4 is 14.4 Å². The van der Waals surface area contributed by atoms with Crippen LogP contribution in [0.2, 0.25) is 0 Å². The molecule has 0 aliphatic heterocycles. The lowest BCUT2D eigenvalue weighted by molar-refractivity contribution is -0.114. The molecule has 2 aromatic heterocycles. The molecule has 0 spiro atoms. The van der Waals surface area contributed by atoms with Crippen molar-refractivity contribution in [3.8, 4) is 17.1 Å². The third-order valence-corrected chi connectivity index (χ3v) is 6.39. The first-order valence-electron chi connectivity index (χ1n) is 11.0. The summed E-state index contributed by atoms with van der Waals surface area (Å²) in [4.78, 5) is 36.8. The van der Waals surface area contributed by atoms with Gasteiger partial charge in [-0.3, -0.25) is 9.78 Å². The summed E-state index contributed by atoms with van der Waals surface area (Å²) in [6.45, 7) is 6.66. The molecule has 36 heavy (non-hydrogen) atoms. The number of aryl methyl sites for hydroxylation is 1. The maximum Gasteiger partial charge on any atom is 0.430 e. The topological polar surface area (TPSA) is 141 Å². The summed E-state index contributed by atoms with van der Waals surface area (Å²) in [5.74, 6) is -0.786. The van der Waals surface area contributed by atoms with Crippen LogP contribution in [0.3, 0.4) is 0 Å². The van der Waals surface area contributed by atoms with Crippen LogP contribution in [0.4, 0.5) is 16.3 Å². The van der Waals surface area contributed by atoms with Gasteiger partial charge in [-0.2, -0.15) is 0 Å². The minimum Gasteiger partial charge on any atom is -0.478 e. The number of aromatic nitrogens is 3. The number of pyridine rings is 1. The SMILES string of the molecule is COc1nc(C)cnc1N(C(=O)OCC(C)C)S(=O)(=O)c1cccnc1-c1ccc(NC(C)=O)cc1. The molecule has 190 valence electrons. The average molecular weight is 514 g/mol. The Hall–Kier alpha value is -4.06. The molecule has 1 N–H and O–H groups in total. The van der Waals surface area contributed by atoms with Crippen LogP contribution in [-0.4, -0.2) is 49.1 Å². The first-order valence-corrected chi connectivity index (χ1v) is 12.4. The van der Waals surface area contributed by atoms with Gasteiger partial charge in [0.05, 0.1) is 31.3 Å². The Morgan fingerprint density at radius 3 is 2.42 bits per heavy atom. The van der Waals surface area contributed by atoms with E-state index in [2.05, 4.69) is 20.3 Å². The van der Waals surface area contributed by atoms with Crippen LogP contribution in [0.25, 0.3) is 11.3 Å². The molecule has 3 rings (SSSR count). The van der Waals surface area contributed by atoms with E-state index in [9.17, 15) is 18.0 Å². The summed E-state index contributed by atoms with van der Waals surface area (Å²) < 4.78 is 38.9. The molecule has 0 saturated heterocycles. The van der Waals surface area contributed by atoms with E-state index in [1.807, 2.05) is 13.8 Å². The number of carbonyl (C=O) groups is 2. The molecule has 0 aliphatic carbocycles. The number of ether oxygens (including phenoxy) is 2. The number of amides is 2. The van der Waals surface area contributed by atoms with Crippen LogP contribution >= 0.6 is 0 Å². The molecular weight excluding hydrogens is 486 g/mol. The van der Waals surface area contributed by atoms with Crippen molar-refractivity contribution in [1.29, 1.82) is 0 Å². The number of nitrogens with zero attached hydrogens (tertiary/aromatic N) is 4. The molecule has 0 fully saturated rings. The van der Waals surface area contributed by atoms with E-state index in [0.717, 1.165) is 0 Å². The lowest BCUT2D eigenvalue weighted by Gasteiger charge is -2.23. The van der Waals surface area contributed by atoms with Gasteiger partial charge in [-0.1, -0.05) is 26.0 Å². The van der Waals surface area contributed by atoms with Crippen molar-refractivity contribution >= 4 is 33.5 Å². The second-order valence-electron chi connectivity index (χ2n) is 8.19. The molecule has 0 aliphatic rings. The largest absolute Gasteiger partial charge is 0.478 e. The van der Waals surface area contributed by atoms with Crippen molar-refractivity contribution in [3.63, 3.8) is 0 Å². The van der Waals surface area contributed by atoms with Crippen LogP contribution in [-0.2, 0) is 19.6 Å². The highest BCUT2D eigenvalue weighted by Crippen LogP contribution is 2.34. The van der Waals surface area contributed by atoms with Gasteiger partial charge in [0.2, 0.25) is 11.7 Å². The number of methoxy groups -OCH3 is 1. The summed E-state index contributed by atoms with van der Waals surface area (Å²) in [6.07, 6.45) is 1.60. The monoisotopic (exact) mass is 513 g/mol. The minimum absolute atomic E-state index is 0.0169. The molecule has 0 bridgehead atoms. The highest BCUT2D eigenvalue weighted by molar-refractivity contribution is 7.93. The van der Waals surface area contributed by atoms with E-state index in [4.69, 9.17) is 9.47 Å². The fourth-order valence-electron chi connectivity index (χ4n) is 3.15. The maximum absolute atomic E-state index is 14.0. The van der Waals surface area contributed by atoms with Crippen molar-refractivity contribution in [2.24, 2.45) is 5.92 Å². The van der Waals surface area contributed by atoms with E-state index in [0.29, 0.717) is 21.2 Å². The van der Waals surface area contributed by atoms with Gasteiger partial charge in [0.1, 0.15) is 4.90 Å². The number of anilines is 2. The Morgan fingerprint density at radius 2 is 1.81 bits per heavy atom. The first-order chi connectivity index (χ1) is 17.0. The van der Waals surface area contributed by atoms with Crippen molar-refractivity contribution in [1.82, 2.24) is 15.0 Å². The van der Waals surface area contributed by atoms with Gasteiger partial charge in [0.15, 0.2) is 0 Å². The smallest absolute Gasteiger partial charge is 0.430 e. The Balaban J connectivity index is 2.16. The minimum atomic E-state index is -4.61. The highest BCUT2D eigenvalue weighted by atomic mass is 32.2. The number of carbonyl (C=O) groups excluding carboxylic acids is 2. The highest BCUT2D eigenvalue weighted by Gasteiger charge is 2.38. The molecule has 0 saturated carbocycles. The van der Waals surface area contributed by atoms with Crippen molar-refractivity contribution in [2.75, 3.05) is 23.3 Å². The molecule has 0 unspecified atom stereocenters. The van der Waals surface area contributed by atoms with E-state index < -0.39 is 16.1 Å². The Bertz CT molecular complexity index is 1360. The lowest BCUT2D eigenvalue weighted by Crippen LogP contribution is -2.39. The van der Waals surface area contributed by atoms with Crippen LogP contribution in [0.5, 0.6) is 5.88 Å². The normalized spacial score (nSPS) is 11.2. The fraction of sp³-hybridized carbons (Fsp3) is 0.292. The zero-order valence-electron chi connectivity index (χ0n) is 20.5. The molecular formula is C24H27N5O6S. The number of nitrogens with one attached hydrogen (secondary N) is 1. The van der Waals surface area contributed by atoms with Gasteiger partial charge in [-0.15, -0.1) is 4.31 Å². The van der Waals surface area contributed by atoms with Crippen LogP contribution in [0, 0.1) is 12.8 Å². The number of rotatable bonds is 8. The second-order valence-corrected chi connectivity index (χ2v) is 9.95. The Kier molecular flexibility index (Phi) is 8.20. The van der Waals surface area contributed by atoms with Crippen molar-refractivity contribution < 1.29 is 27.5 Å². The Labute approximate surface area is 209 Å². The van der Waals surface area contributed by atoms with Crippen LogP contribution in [0.15, 0.2) is 53.7 Å². The summed E-state index contributed by atoms with van der Waals surface area (Å²) >= 11 is 0. The van der Waals surface area contributed by atoms with Crippen LogP contribution in [0.1, 0.15) is 26.5 Å². The third-order valence-electron chi connectivity index (χ3n) is 4.70. The summed E-state index contributed by atoms with van der Waals surface area (Å²) in [5, 5.41) is 2.65. The van der Waals surface area contributed by atoms with Crippen molar-refractivity contribution in [3.05, 3.63) is 54.5 Å². The number of benzene rings is 1. The second kappa shape index (κ2) is 11.1. The van der Waals surface area contributed by atoms with E-state index in [1.54, 1.807) is 31.2 Å². The number of hydrogen-bond acceptors (Lipinski definition) is 9.